The molecule has 1 fully saturated rings. The largest absolute Gasteiger partial charge is 0.444 e. The van der Waals surface area contributed by atoms with Crippen molar-refractivity contribution >= 4 is 17.9 Å². The molecule has 0 radical (unpaired) electrons. The molecule has 2 N–H and O–H groups in total. The van der Waals surface area contributed by atoms with Gasteiger partial charge in [0.15, 0.2) is 0 Å². The number of nitrogens with one attached hydrogen (secondary N) is 2. The number of aryl methyl sites for hydroxylation is 1. The first-order valence-electron chi connectivity index (χ1n) is 10.8. The third-order valence-electron chi connectivity index (χ3n) is 4.88. The van der Waals surface area contributed by atoms with Crippen molar-refractivity contribution in [1.29, 1.82) is 0 Å². The van der Waals surface area contributed by atoms with Crippen molar-refractivity contribution in [3.8, 4) is 0 Å². The topological polar surface area (TPSA) is 87.7 Å². The van der Waals surface area contributed by atoms with Crippen LogP contribution in [-0.2, 0) is 14.3 Å². The summed E-state index contributed by atoms with van der Waals surface area (Å²) in [6.07, 6.45) is 0.166. The molecule has 1 aliphatic rings. The fourth-order valence-corrected chi connectivity index (χ4v) is 3.48. The van der Waals surface area contributed by atoms with Crippen LogP contribution in [-0.4, -0.2) is 46.5 Å². The number of amides is 3. The first-order chi connectivity index (χ1) is 14.2. The Morgan fingerprint density at radius 3 is 2.26 bits per heavy atom. The molecule has 3 atom stereocenters. The lowest BCUT2D eigenvalue weighted by atomic mass is 9.99. The molecule has 172 valence electrons. The zero-order chi connectivity index (χ0) is 23.6. The highest BCUT2D eigenvalue weighted by Crippen LogP contribution is 2.40. The summed E-state index contributed by atoms with van der Waals surface area (Å²) in [4.78, 5) is 40.3. The second kappa shape index (κ2) is 9.28. The lowest BCUT2D eigenvalue weighted by molar-refractivity contribution is -0.141. The number of rotatable bonds is 6. The molecule has 3 unspecified atom stereocenters. The molecule has 1 aromatic carbocycles. The zero-order valence-electron chi connectivity index (χ0n) is 20.0. The molecular weight excluding hydrogens is 394 g/mol. The molecule has 1 saturated carbocycles. The summed E-state index contributed by atoms with van der Waals surface area (Å²) >= 11 is 0. The van der Waals surface area contributed by atoms with E-state index < -0.39 is 23.3 Å². The minimum absolute atomic E-state index is 0.0517. The van der Waals surface area contributed by atoms with Gasteiger partial charge in [0.1, 0.15) is 18.2 Å². The van der Waals surface area contributed by atoms with Crippen LogP contribution in [0.3, 0.4) is 0 Å². The van der Waals surface area contributed by atoms with Crippen LogP contribution in [0.2, 0.25) is 0 Å². The van der Waals surface area contributed by atoms with Crippen molar-refractivity contribution in [2.24, 2.45) is 5.92 Å². The van der Waals surface area contributed by atoms with Crippen molar-refractivity contribution in [1.82, 2.24) is 15.5 Å². The van der Waals surface area contributed by atoms with E-state index in [1.165, 1.54) is 0 Å². The van der Waals surface area contributed by atoms with Crippen molar-refractivity contribution in [2.45, 2.75) is 85.0 Å². The third-order valence-corrected chi connectivity index (χ3v) is 4.88. The van der Waals surface area contributed by atoms with Gasteiger partial charge in [-0.05, 0) is 66.4 Å². The van der Waals surface area contributed by atoms with Crippen LogP contribution in [0.4, 0.5) is 4.79 Å². The van der Waals surface area contributed by atoms with E-state index >= 15 is 0 Å². The number of hydrogen-bond donors (Lipinski definition) is 2. The number of ether oxygens (including phenoxy) is 1. The van der Waals surface area contributed by atoms with E-state index in [1.54, 1.807) is 25.7 Å². The molecule has 0 aliphatic heterocycles. The number of benzene rings is 1. The average Bonchev–Trinajstić information content (AvgIpc) is 3.30. The number of alkyl carbamates (subject to hydrolysis) is 1. The Morgan fingerprint density at radius 2 is 1.77 bits per heavy atom. The van der Waals surface area contributed by atoms with Crippen LogP contribution < -0.4 is 10.6 Å². The highest BCUT2D eigenvalue weighted by atomic mass is 16.6. The van der Waals surface area contributed by atoms with Gasteiger partial charge in [0.05, 0.1) is 0 Å². The van der Waals surface area contributed by atoms with Crippen LogP contribution in [0.25, 0.3) is 0 Å². The highest BCUT2D eigenvalue weighted by Gasteiger charge is 2.46. The van der Waals surface area contributed by atoms with Gasteiger partial charge in [-0.25, -0.2) is 4.79 Å². The van der Waals surface area contributed by atoms with E-state index in [1.807, 2.05) is 52.0 Å². The van der Waals surface area contributed by atoms with E-state index in [2.05, 4.69) is 17.6 Å². The smallest absolute Gasteiger partial charge is 0.408 e. The van der Waals surface area contributed by atoms with Crippen LogP contribution in [0.1, 0.15) is 72.1 Å². The maximum atomic E-state index is 13.4. The normalized spacial score (nSPS) is 19.2. The van der Waals surface area contributed by atoms with Gasteiger partial charge in [-0.15, -0.1) is 0 Å². The van der Waals surface area contributed by atoms with E-state index in [9.17, 15) is 14.4 Å². The van der Waals surface area contributed by atoms with Crippen LogP contribution in [0, 0.1) is 12.8 Å². The molecule has 0 heterocycles. The number of carbonyl (C=O) groups is 3. The van der Waals surface area contributed by atoms with Gasteiger partial charge in [0, 0.05) is 11.6 Å². The van der Waals surface area contributed by atoms with Crippen molar-refractivity contribution < 1.29 is 19.1 Å². The van der Waals surface area contributed by atoms with Gasteiger partial charge in [-0.3, -0.25) is 9.59 Å². The molecule has 0 saturated heterocycles. The summed E-state index contributed by atoms with van der Waals surface area (Å²) in [6, 6.07) is 6.82. The van der Waals surface area contributed by atoms with Gasteiger partial charge < -0.3 is 20.3 Å². The lowest BCUT2D eigenvalue weighted by Crippen LogP contribution is -2.52. The molecule has 7 nitrogen and oxygen atoms in total. The minimum Gasteiger partial charge on any atom is -0.444 e. The Labute approximate surface area is 185 Å². The quantitative estimate of drug-likeness (QED) is 0.719. The van der Waals surface area contributed by atoms with Gasteiger partial charge in [-0.1, -0.05) is 36.8 Å². The van der Waals surface area contributed by atoms with E-state index in [4.69, 9.17) is 4.74 Å². The molecule has 3 amide bonds. The van der Waals surface area contributed by atoms with Crippen LogP contribution in [0.5, 0.6) is 0 Å². The summed E-state index contributed by atoms with van der Waals surface area (Å²) < 4.78 is 5.24. The second-order valence-corrected chi connectivity index (χ2v) is 10.5. The molecule has 0 bridgehead atoms. The van der Waals surface area contributed by atoms with Crippen LogP contribution in [0.15, 0.2) is 24.3 Å². The predicted molar refractivity (Wildman–Crippen MR) is 120 cm³/mol. The fraction of sp³-hybridized carbons (Fsp3) is 0.625. The van der Waals surface area contributed by atoms with Gasteiger partial charge >= 0.3 is 6.09 Å². The van der Waals surface area contributed by atoms with E-state index in [0.29, 0.717) is 5.92 Å². The van der Waals surface area contributed by atoms with E-state index in [0.717, 1.165) is 17.5 Å². The summed E-state index contributed by atoms with van der Waals surface area (Å²) in [5, 5.41) is 5.56. The Kier molecular flexibility index (Phi) is 7.40. The molecule has 1 aliphatic carbocycles. The minimum atomic E-state index is -0.776. The lowest BCUT2D eigenvalue weighted by Gasteiger charge is -2.34. The summed E-state index contributed by atoms with van der Waals surface area (Å²) in [5.74, 6) is -0.251. The zero-order valence-corrected chi connectivity index (χ0v) is 20.0. The summed E-state index contributed by atoms with van der Waals surface area (Å²) in [7, 11) is 0. The Balaban J connectivity index is 2.32. The summed E-state index contributed by atoms with van der Waals surface area (Å²) in [5.41, 5.74) is 0.660. The third kappa shape index (κ3) is 7.56. The van der Waals surface area contributed by atoms with E-state index in [-0.39, 0.29) is 24.4 Å². The van der Waals surface area contributed by atoms with Crippen molar-refractivity contribution in [3.05, 3.63) is 35.4 Å². The van der Waals surface area contributed by atoms with Crippen molar-refractivity contribution in [2.75, 3.05) is 6.54 Å². The van der Waals surface area contributed by atoms with Gasteiger partial charge in [0.25, 0.3) is 0 Å². The van der Waals surface area contributed by atoms with Gasteiger partial charge in [-0.2, -0.15) is 0 Å². The molecule has 2 rings (SSSR count). The number of nitrogens with zero attached hydrogens (tertiary/aromatic N) is 1. The van der Waals surface area contributed by atoms with Gasteiger partial charge in [0.2, 0.25) is 11.8 Å². The Morgan fingerprint density at radius 1 is 1.16 bits per heavy atom. The Hall–Kier alpha value is -2.57. The molecule has 31 heavy (non-hydrogen) atoms. The maximum Gasteiger partial charge on any atom is 0.408 e. The predicted octanol–water partition coefficient (Wildman–Crippen LogP) is 3.71. The van der Waals surface area contributed by atoms with Crippen LogP contribution >= 0.6 is 0 Å². The standard InChI is InChI=1S/C24H37N3O4/c1-15-10-9-11-17(12-15)20(21(29)26-23(3,4)5)27(18-13-16(18)2)19(28)14-25-22(30)31-24(6,7)8/h9-12,16,18,20H,13-14H2,1-8H3,(H,25,30)(H,26,29). The first kappa shape index (κ1) is 24.7. The molecule has 0 spiro atoms. The Bertz CT molecular complexity index is 823. The average molecular weight is 432 g/mol. The SMILES string of the molecule is Cc1cccc(C(C(=O)NC(C)(C)C)N(C(=O)CNC(=O)OC(C)(C)C)C2CC2C)c1. The maximum absolute atomic E-state index is 13.4. The fourth-order valence-electron chi connectivity index (χ4n) is 3.48. The number of hydrogen-bond acceptors (Lipinski definition) is 4. The monoisotopic (exact) mass is 431 g/mol. The molecule has 7 heteroatoms. The van der Waals surface area contributed by atoms with Crippen molar-refractivity contribution in [3.63, 3.8) is 0 Å². The summed E-state index contributed by atoms with van der Waals surface area (Å²) in [6.45, 7) is 14.8. The highest BCUT2D eigenvalue weighted by molar-refractivity contribution is 5.91. The molecule has 0 aromatic heterocycles. The molecular formula is C24H37N3O4. The molecule has 1 aromatic rings. The number of carbonyl (C=O) groups excluding carboxylic acids is 3. The first-order valence-corrected chi connectivity index (χ1v) is 10.8. The second-order valence-electron chi connectivity index (χ2n) is 10.5.